The molecule has 1 aliphatic heterocycles. The molecule has 2 heterocycles. The number of hydrogen-bond donors (Lipinski definition) is 1. The second kappa shape index (κ2) is 7.67. The summed E-state index contributed by atoms with van der Waals surface area (Å²) in [5.41, 5.74) is 7.30. The SMILES string of the molecule is Cc1ccc(-c2c(C)cn(Cc3ccc(F)cc3)c2C2COCCN2)cc1. The number of nitrogens with one attached hydrogen (secondary N) is 1. The normalized spacial score (nSPS) is 17.2. The maximum Gasteiger partial charge on any atom is 0.123 e. The van der Waals surface area contributed by atoms with Crippen LogP contribution in [-0.2, 0) is 11.3 Å². The summed E-state index contributed by atoms with van der Waals surface area (Å²) in [6.45, 7) is 7.22. The van der Waals surface area contributed by atoms with Crippen LogP contribution in [0.2, 0.25) is 0 Å². The Balaban J connectivity index is 1.79. The van der Waals surface area contributed by atoms with Gasteiger partial charge in [-0.1, -0.05) is 42.0 Å². The van der Waals surface area contributed by atoms with Gasteiger partial charge in [-0.05, 0) is 42.7 Å². The third kappa shape index (κ3) is 3.82. The van der Waals surface area contributed by atoms with Gasteiger partial charge >= 0.3 is 0 Å². The van der Waals surface area contributed by atoms with Gasteiger partial charge in [0.2, 0.25) is 0 Å². The predicted octanol–water partition coefficient (Wildman–Crippen LogP) is 4.62. The summed E-state index contributed by atoms with van der Waals surface area (Å²) < 4.78 is 21.3. The zero-order valence-corrected chi connectivity index (χ0v) is 15.8. The summed E-state index contributed by atoms with van der Waals surface area (Å²) in [6, 6.07) is 15.6. The van der Waals surface area contributed by atoms with E-state index in [0.29, 0.717) is 13.2 Å². The molecule has 0 bridgehead atoms. The lowest BCUT2D eigenvalue weighted by atomic mass is 9.97. The van der Waals surface area contributed by atoms with E-state index in [9.17, 15) is 4.39 Å². The van der Waals surface area contributed by atoms with E-state index >= 15 is 0 Å². The topological polar surface area (TPSA) is 26.2 Å². The van der Waals surface area contributed by atoms with Crippen molar-refractivity contribution in [3.05, 3.63) is 82.9 Å². The standard InChI is InChI=1S/C23H25FN2O/c1-16-3-7-19(8-4-16)22-17(2)13-26(14-18-5-9-20(24)10-6-18)23(22)21-15-27-12-11-25-21/h3-10,13,21,25H,11-12,14-15H2,1-2H3. The summed E-state index contributed by atoms with van der Waals surface area (Å²) in [4.78, 5) is 0. The van der Waals surface area contributed by atoms with Crippen LogP contribution in [0.1, 0.15) is 28.4 Å². The molecule has 4 rings (SSSR count). The molecule has 1 N–H and O–H groups in total. The molecule has 0 amide bonds. The van der Waals surface area contributed by atoms with Crippen molar-refractivity contribution in [2.75, 3.05) is 19.8 Å². The fourth-order valence-electron chi connectivity index (χ4n) is 3.84. The third-order valence-corrected chi connectivity index (χ3v) is 5.17. The van der Waals surface area contributed by atoms with Crippen LogP contribution in [0.5, 0.6) is 0 Å². The monoisotopic (exact) mass is 364 g/mol. The molecule has 0 saturated carbocycles. The Labute approximate surface area is 159 Å². The van der Waals surface area contributed by atoms with Crippen LogP contribution in [0.4, 0.5) is 4.39 Å². The first-order chi connectivity index (χ1) is 13.1. The molecule has 3 nitrogen and oxygen atoms in total. The second-order valence-corrected chi connectivity index (χ2v) is 7.27. The van der Waals surface area contributed by atoms with Crippen molar-refractivity contribution in [1.82, 2.24) is 9.88 Å². The van der Waals surface area contributed by atoms with Gasteiger partial charge in [-0.25, -0.2) is 4.39 Å². The predicted molar refractivity (Wildman–Crippen MR) is 106 cm³/mol. The molecule has 1 saturated heterocycles. The zero-order valence-electron chi connectivity index (χ0n) is 15.8. The van der Waals surface area contributed by atoms with E-state index in [1.165, 1.54) is 40.1 Å². The molecular formula is C23H25FN2O. The summed E-state index contributed by atoms with van der Waals surface area (Å²) >= 11 is 0. The third-order valence-electron chi connectivity index (χ3n) is 5.17. The molecule has 0 spiro atoms. The van der Waals surface area contributed by atoms with E-state index < -0.39 is 0 Å². The van der Waals surface area contributed by atoms with Gasteiger partial charge in [0, 0.05) is 30.5 Å². The highest BCUT2D eigenvalue weighted by Gasteiger charge is 2.25. The van der Waals surface area contributed by atoms with E-state index in [4.69, 9.17) is 4.74 Å². The lowest BCUT2D eigenvalue weighted by molar-refractivity contribution is 0.0747. The zero-order chi connectivity index (χ0) is 18.8. The minimum atomic E-state index is -0.203. The van der Waals surface area contributed by atoms with Gasteiger partial charge < -0.3 is 14.6 Å². The first kappa shape index (κ1) is 18.0. The minimum absolute atomic E-state index is 0.143. The Morgan fingerprint density at radius 3 is 2.48 bits per heavy atom. The minimum Gasteiger partial charge on any atom is -0.378 e. The lowest BCUT2D eigenvalue weighted by Crippen LogP contribution is -2.36. The van der Waals surface area contributed by atoms with Crippen LogP contribution in [0.25, 0.3) is 11.1 Å². The van der Waals surface area contributed by atoms with Gasteiger partial charge in [0.1, 0.15) is 5.82 Å². The number of hydrogen-bond acceptors (Lipinski definition) is 2. The number of halogens is 1. The van der Waals surface area contributed by atoms with E-state index in [0.717, 1.165) is 18.7 Å². The highest BCUT2D eigenvalue weighted by molar-refractivity contribution is 5.71. The Morgan fingerprint density at radius 1 is 1.07 bits per heavy atom. The van der Waals surface area contributed by atoms with Crippen molar-refractivity contribution in [1.29, 1.82) is 0 Å². The average molecular weight is 364 g/mol. The quantitative estimate of drug-likeness (QED) is 0.731. The Kier molecular flexibility index (Phi) is 5.10. The van der Waals surface area contributed by atoms with Gasteiger partial charge in [-0.15, -0.1) is 0 Å². The van der Waals surface area contributed by atoms with Crippen LogP contribution in [-0.4, -0.2) is 24.3 Å². The van der Waals surface area contributed by atoms with Gasteiger partial charge in [0.25, 0.3) is 0 Å². The first-order valence-electron chi connectivity index (χ1n) is 9.44. The molecule has 0 radical (unpaired) electrons. The number of rotatable bonds is 4. The molecule has 140 valence electrons. The summed E-state index contributed by atoms with van der Waals surface area (Å²) in [7, 11) is 0. The molecular weight excluding hydrogens is 339 g/mol. The largest absolute Gasteiger partial charge is 0.378 e. The smallest absolute Gasteiger partial charge is 0.123 e. The average Bonchev–Trinajstić information content (AvgIpc) is 3.01. The molecule has 1 fully saturated rings. The Morgan fingerprint density at radius 2 is 1.81 bits per heavy atom. The molecule has 1 aromatic heterocycles. The van der Waals surface area contributed by atoms with Crippen LogP contribution < -0.4 is 5.32 Å². The molecule has 27 heavy (non-hydrogen) atoms. The summed E-state index contributed by atoms with van der Waals surface area (Å²) in [5.74, 6) is -0.203. The van der Waals surface area contributed by atoms with Crippen LogP contribution >= 0.6 is 0 Å². The Bertz CT molecular complexity index is 907. The van der Waals surface area contributed by atoms with Crippen molar-refractivity contribution < 1.29 is 9.13 Å². The number of aromatic nitrogens is 1. The number of aryl methyl sites for hydroxylation is 2. The van der Waals surface area contributed by atoms with Crippen molar-refractivity contribution in [3.63, 3.8) is 0 Å². The first-order valence-corrected chi connectivity index (χ1v) is 9.44. The molecule has 3 aromatic rings. The number of benzene rings is 2. The fourth-order valence-corrected chi connectivity index (χ4v) is 3.84. The number of morpholine rings is 1. The second-order valence-electron chi connectivity index (χ2n) is 7.27. The van der Waals surface area contributed by atoms with E-state index in [2.05, 4.69) is 54.2 Å². The van der Waals surface area contributed by atoms with Gasteiger partial charge in [-0.2, -0.15) is 0 Å². The van der Waals surface area contributed by atoms with E-state index in [1.54, 1.807) is 0 Å². The Hall–Kier alpha value is -2.43. The van der Waals surface area contributed by atoms with Gasteiger partial charge in [0.05, 0.1) is 19.3 Å². The molecule has 1 aliphatic rings. The number of nitrogens with zero attached hydrogens (tertiary/aromatic N) is 1. The fraction of sp³-hybridized carbons (Fsp3) is 0.304. The van der Waals surface area contributed by atoms with Crippen molar-refractivity contribution >= 4 is 0 Å². The van der Waals surface area contributed by atoms with Crippen LogP contribution in [0.3, 0.4) is 0 Å². The highest BCUT2D eigenvalue weighted by Crippen LogP contribution is 2.34. The van der Waals surface area contributed by atoms with Crippen LogP contribution in [0.15, 0.2) is 54.7 Å². The number of ether oxygens (including phenoxy) is 1. The molecule has 1 unspecified atom stereocenters. The molecule has 4 heteroatoms. The van der Waals surface area contributed by atoms with Crippen molar-refractivity contribution in [3.8, 4) is 11.1 Å². The maximum atomic E-state index is 13.3. The lowest BCUT2D eigenvalue weighted by Gasteiger charge is -2.27. The molecule has 1 atom stereocenters. The maximum absolute atomic E-state index is 13.3. The van der Waals surface area contributed by atoms with Crippen LogP contribution in [0, 0.1) is 19.7 Å². The van der Waals surface area contributed by atoms with Gasteiger partial charge in [0.15, 0.2) is 0 Å². The van der Waals surface area contributed by atoms with Crippen molar-refractivity contribution in [2.24, 2.45) is 0 Å². The summed E-state index contributed by atoms with van der Waals surface area (Å²) in [5, 5.41) is 3.60. The van der Waals surface area contributed by atoms with Gasteiger partial charge in [-0.3, -0.25) is 0 Å². The molecule has 2 aromatic carbocycles. The van der Waals surface area contributed by atoms with Crippen molar-refractivity contribution in [2.45, 2.75) is 26.4 Å². The van der Waals surface area contributed by atoms with E-state index in [1.807, 2.05) is 12.1 Å². The highest BCUT2D eigenvalue weighted by atomic mass is 19.1. The van der Waals surface area contributed by atoms with E-state index in [-0.39, 0.29) is 11.9 Å². The molecule has 0 aliphatic carbocycles. The summed E-state index contributed by atoms with van der Waals surface area (Å²) in [6.07, 6.45) is 2.20.